The van der Waals surface area contributed by atoms with Crippen LogP contribution >= 0.6 is 0 Å². The lowest BCUT2D eigenvalue weighted by atomic mass is 10.0. The normalized spacial score (nSPS) is 27.7. The lowest BCUT2D eigenvalue weighted by molar-refractivity contribution is -0.141. The van der Waals surface area contributed by atoms with Gasteiger partial charge in [0.15, 0.2) is 5.69 Å². The first kappa shape index (κ1) is 34.5. The third-order valence-corrected chi connectivity index (χ3v) is 11.7. The van der Waals surface area contributed by atoms with Gasteiger partial charge in [-0.3, -0.25) is 23.9 Å². The molecule has 5 atom stereocenters. The Morgan fingerprint density at radius 2 is 1.92 bits per heavy atom. The third kappa shape index (κ3) is 7.29. The Morgan fingerprint density at radius 3 is 2.69 bits per heavy atom. The number of allylic oxidation sites excluding steroid dienone is 1. The summed E-state index contributed by atoms with van der Waals surface area (Å²) in [6, 6.07) is 3.16. The molecule has 2 aliphatic carbocycles. The smallest absolute Gasteiger partial charge is 0.274 e. The van der Waals surface area contributed by atoms with E-state index in [1.807, 2.05) is 12.2 Å². The Balaban J connectivity index is 1.19. The van der Waals surface area contributed by atoms with E-state index in [-0.39, 0.29) is 42.9 Å². The summed E-state index contributed by atoms with van der Waals surface area (Å²) >= 11 is 0. The van der Waals surface area contributed by atoms with Crippen LogP contribution in [0.3, 0.4) is 0 Å². The number of amides is 4. The second kappa shape index (κ2) is 13.7. The summed E-state index contributed by atoms with van der Waals surface area (Å²) in [5.41, 5.74) is -0.423. The van der Waals surface area contributed by atoms with Gasteiger partial charge in [0.2, 0.25) is 27.7 Å². The van der Waals surface area contributed by atoms with Gasteiger partial charge in [-0.05, 0) is 57.6 Å². The van der Waals surface area contributed by atoms with E-state index in [1.54, 1.807) is 6.92 Å². The predicted octanol–water partition coefficient (Wildman–Crippen LogP) is 2.22. The largest absolute Gasteiger partial charge is 0.471 e. The molecule has 0 radical (unpaired) electrons. The molecule has 15 nitrogen and oxygen atoms in total. The Kier molecular flexibility index (Phi) is 9.24. The number of nitrogens with one attached hydrogen (secondary N) is 3. The molecule has 0 spiro atoms. The van der Waals surface area contributed by atoms with Crippen molar-refractivity contribution < 1.29 is 41.2 Å². The predicted molar refractivity (Wildman–Crippen MR) is 178 cm³/mol. The lowest BCUT2D eigenvalue weighted by Gasteiger charge is -2.29. The fourth-order valence-corrected chi connectivity index (χ4v) is 8.14. The van der Waals surface area contributed by atoms with Crippen molar-refractivity contribution >= 4 is 44.7 Å². The minimum absolute atomic E-state index is 0.0172. The average molecular weight is 724 g/mol. The summed E-state index contributed by atoms with van der Waals surface area (Å²) in [7, 11) is -3.91. The molecule has 4 amide bonds. The van der Waals surface area contributed by atoms with Crippen LogP contribution in [0, 0.1) is 18.7 Å². The molecule has 1 saturated heterocycles. The fourth-order valence-electron chi connectivity index (χ4n) is 6.78. The minimum Gasteiger partial charge on any atom is -0.471 e. The van der Waals surface area contributed by atoms with Crippen molar-refractivity contribution in [3.63, 3.8) is 0 Å². The number of benzene rings is 1. The van der Waals surface area contributed by atoms with E-state index in [4.69, 9.17) is 9.26 Å². The van der Waals surface area contributed by atoms with Gasteiger partial charge < -0.3 is 24.8 Å². The molecule has 3 N–H and O–H groups in total. The molecule has 2 aromatic heterocycles. The highest BCUT2D eigenvalue weighted by Crippen LogP contribution is 2.46. The summed E-state index contributed by atoms with van der Waals surface area (Å²) < 4.78 is 52.7. The molecule has 7 rings (SSSR count). The number of sulfonamides is 1. The number of ether oxygens (including phenoxy) is 1. The molecule has 51 heavy (non-hydrogen) atoms. The molecule has 0 bridgehead atoms. The first-order valence-electron chi connectivity index (χ1n) is 17.1. The first-order chi connectivity index (χ1) is 24.4. The Hall–Kier alpha value is -4.93. The van der Waals surface area contributed by atoms with Gasteiger partial charge >= 0.3 is 0 Å². The van der Waals surface area contributed by atoms with Crippen LogP contribution in [-0.4, -0.2) is 87.6 Å². The standard InChI is InChI=1S/C34H38FN7O8S/c1-19-31(38-27-15-21(35)9-12-24(27)36-19)50-22-16-28-30(44)39-34(33(46)41-51(47,48)23-10-11-23)17-20(34)7-5-3-2-4-6-8-26(32(45)42(28)18-22)37-29(43)25-13-14-49-40-25/h5,7,9,12-15,20,22-23,26,28H,2-4,6,8,10-11,16-18H2,1H3,(H,37,43)(H,39,44)(H,41,46)/b7-5-/t20?,22-,26+,28+,34-/m1/s1. The molecule has 2 aliphatic heterocycles. The van der Waals surface area contributed by atoms with Crippen LogP contribution in [0.1, 0.15) is 74.0 Å². The number of aromatic nitrogens is 3. The van der Waals surface area contributed by atoms with Gasteiger partial charge in [0.25, 0.3) is 11.8 Å². The molecule has 3 aromatic rings. The maximum Gasteiger partial charge on any atom is 0.274 e. The number of hydrogen-bond acceptors (Lipinski definition) is 11. The van der Waals surface area contributed by atoms with E-state index < -0.39 is 74.4 Å². The second-order valence-corrected chi connectivity index (χ2v) is 15.6. The molecular weight excluding hydrogens is 685 g/mol. The van der Waals surface area contributed by atoms with Crippen molar-refractivity contribution in [3.05, 3.63) is 59.9 Å². The number of carbonyl (C=O) groups excluding carboxylic acids is 4. The van der Waals surface area contributed by atoms with Crippen LogP contribution in [0.25, 0.3) is 11.0 Å². The Bertz CT molecular complexity index is 2000. The highest BCUT2D eigenvalue weighted by Gasteiger charge is 2.62. The number of hydrogen-bond donors (Lipinski definition) is 3. The van der Waals surface area contributed by atoms with E-state index in [0.29, 0.717) is 36.9 Å². The molecule has 1 unspecified atom stereocenters. The first-order valence-corrected chi connectivity index (χ1v) is 18.7. The SMILES string of the molecule is Cc1nc2ccc(F)cc2nc1O[C@@H]1C[C@H]2C(=O)N[C@]3(C(=O)NS(=O)(=O)C4CC4)CC3/C=C\CCCCC[C@H](NC(=O)c3ccon3)C(=O)N2C1. The van der Waals surface area contributed by atoms with E-state index in [9.17, 15) is 32.0 Å². The number of rotatable bonds is 7. The van der Waals surface area contributed by atoms with Gasteiger partial charge in [-0.15, -0.1) is 0 Å². The second-order valence-electron chi connectivity index (χ2n) is 13.7. The van der Waals surface area contributed by atoms with E-state index >= 15 is 0 Å². The van der Waals surface area contributed by atoms with Crippen LogP contribution in [-0.2, 0) is 24.4 Å². The van der Waals surface area contributed by atoms with Crippen molar-refractivity contribution in [2.75, 3.05) is 6.54 Å². The Labute approximate surface area is 292 Å². The molecular formula is C34H38FN7O8S. The van der Waals surface area contributed by atoms with Crippen molar-refractivity contribution in [1.82, 2.24) is 35.4 Å². The van der Waals surface area contributed by atoms with Gasteiger partial charge in [-0.25, -0.2) is 22.8 Å². The van der Waals surface area contributed by atoms with E-state index in [1.165, 1.54) is 35.4 Å². The van der Waals surface area contributed by atoms with Crippen LogP contribution in [0.5, 0.6) is 5.88 Å². The van der Waals surface area contributed by atoms with Crippen molar-refractivity contribution in [2.24, 2.45) is 5.92 Å². The van der Waals surface area contributed by atoms with Gasteiger partial charge in [0.05, 0.1) is 22.8 Å². The zero-order chi connectivity index (χ0) is 35.9. The lowest BCUT2D eigenvalue weighted by Crippen LogP contribution is -2.58. The quantitative estimate of drug-likeness (QED) is 0.302. The summed E-state index contributed by atoms with van der Waals surface area (Å²) in [5, 5.41) is 8.59. The summed E-state index contributed by atoms with van der Waals surface area (Å²) in [6.45, 7) is 1.58. The number of fused-ring (bicyclic) bond motifs is 3. The zero-order valence-corrected chi connectivity index (χ0v) is 28.7. The van der Waals surface area contributed by atoms with Crippen LogP contribution in [0.4, 0.5) is 4.39 Å². The number of halogens is 1. The highest BCUT2D eigenvalue weighted by molar-refractivity contribution is 7.91. The number of nitrogens with zero attached hydrogens (tertiary/aromatic N) is 4. The monoisotopic (exact) mass is 723 g/mol. The molecule has 1 aromatic carbocycles. The van der Waals surface area contributed by atoms with Gasteiger partial charge in [-0.2, -0.15) is 0 Å². The molecule has 2 saturated carbocycles. The van der Waals surface area contributed by atoms with Crippen LogP contribution < -0.4 is 20.1 Å². The number of aryl methyl sites for hydroxylation is 1. The maximum atomic E-state index is 14.4. The van der Waals surface area contributed by atoms with Gasteiger partial charge in [-0.1, -0.05) is 30.2 Å². The molecule has 3 fully saturated rings. The topological polar surface area (TPSA) is 203 Å². The van der Waals surface area contributed by atoms with Crippen molar-refractivity contribution in [2.45, 2.75) is 93.7 Å². The van der Waals surface area contributed by atoms with Crippen LogP contribution in [0.15, 0.2) is 47.2 Å². The number of carbonyl (C=O) groups is 4. The summed E-state index contributed by atoms with van der Waals surface area (Å²) in [6.07, 6.45) is 8.30. The van der Waals surface area contributed by atoms with E-state index in [2.05, 4.69) is 30.5 Å². The van der Waals surface area contributed by atoms with E-state index in [0.717, 1.165) is 12.8 Å². The summed E-state index contributed by atoms with van der Waals surface area (Å²) in [4.78, 5) is 65.5. The maximum absolute atomic E-state index is 14.4. The highest BCUT2D eigenvalue weighted by atomic mass is 32.2. The molecule has 4 heterocycles. The molecule has 270 valence electrons. The Morgan fingerprint density at radius 1 is 1.10 bits per heavy atom. The third-order valence-electron chi connectivity index (χ3n) is 9.85. The van der Waals surface area contributed by atoms with Crippen LogP contribution in [0.2, 0.25) is 0 Å². The van der Waals surface area contributed by atoms with Gasteiger partial charge in [0, 0.05) is 24.5 Å². The molecule has 17 heteroatoms. The average Bonchev–Trinajstić information content (AvgIpc) is 3.95. The molecule has 4 aliphatic rings. The van der Waals surface area contributed by atoms with Gasteiger partial charge in [0.1, 0.15) is 41.5 Å². The fraction of sp³-hybridized carbons (Fsp3) is 0.500. The van der Waals surface area contributed by atoms with Crippen molar-refractivity contribution in [1.29, 1.82) is 0 Å². The minimum atomic E-state index is -3.91. The van der Waals surface area contributed by atoms with Crippen molar-refractivity contribution in [3.8, 4) is 5.88 Å². The summed E-state index contributed by atoms with van der Waals surface area (Å²) in [5.74, 6) is -3.53. The zero-order valence-electron chi connectivity index (χ0n) is 27.8.